The van der Waals surface area contributed by atoms with Gasteiger partial charge in [-0.3, -0.25) is 4.79 Å². The third-order valence-electron chi connectivity index (χ3n) is 3.36. The maximum Gasteiger partial charge on any atom is 0.255 e. The van der Waals surface area contributed by atoms with Gasteiger partial charge in [0.15, 0.2) is 11.5 Å². The molecule has 6 heteroatoms. The van der Waals surface area contributed by atoms with E-state index in [0.29, 0.717) is 32.8 Å². The summed E-state index contributed by atoms with van der Waals surface area (Å²) in [5.74, 6) is 0.519. The van der Waals surface area contributed by atoms with Gasteiger partial charge in [0.25, 0.3) is 5.91 Å². The first-order valence-corrected chi connectivity index (χ1v) is 8.19. The Morgan fingerprint density at radius 3 is 2.50 bits per heavy atom. The van der Waals surface area contributed by atoms with Gasteiger partial charge in [-0.05, 0) is 50.6 Å². The first-order valence-electron chi connectivity index (χ1n) is 7.44. The zero-order chi connectivity index (χ0) is 17.9. The van der Waals surface area contributed by atoms with Crippen molar-refractivity contribution in [3.05, 3.63) is 51.5 Å². The van der Waals surface area contributed by atoms with Crippen LogP contribution in [0.3, 0.4) is 0 Å². The smallest absolute Gasteiger partial charge is 0.255 e. The van der Waals surface area contributed by atoms with Crippen LogP contribution < -0.4 is 14.8 Å². The minimum Gasteiger partial charge on any atom is -0.493 e. The number of nitrogens with one attached hydrogen (secondary N) is 1. The minimum absolute atomic E-state index is 0.0646. The molecule has 0 aliphatic rings. The second kappa shape index (κ2) is 7.77. The molecule has 0 saturated carbocycles. The second-order valence-electron chi connectivity index (χ2n) is 5.52. The number of hydrogen-bond donors (Lipinski definition) is 1. The largest absolute Gasteiger partial charge is 0.493 e. The van der Waals surface area contributed by atoms with Crippen LogP contribution in [-0.4, -0.2) is 19.1 Å². The predicted molar refractivity (Wildman–Crippen MR) is 97.9 cm³/mol. The highest BCUT2D eigenvalue weighted by atomic mass is 35.5. The molecule has 24 heavy (non-hydrogen) atoms. The van der Waals surface area contributed by atoms with Gasteiger partial charge < -0.3 is 14.8 Å². The predicted octanol–water partition coefficient (Wildman–Crippen LogP) is 5.35. The molecule has 2 aromatic rings. The van der Waals surface area contributed by atoms with Crippen molar-refractivity contribution >= 4 is 34.8 Å². The Morgan fingerprint density at radius 2 is 1.88 bits per heavy atom. The molecule has 0 aromatic heterocycles. The molecule has 0 bridgehead atoms. The minimum atomic E-state index is -0.309. The number of hydrogen-bond acceptors (Lipinski definition) is 3. The lowest BCUT2D eigenvalue weighted by Crippen LogP contribution is -2.14. The Morgan fingerprint density at radius 1 is 1.17 bits per heavy atom. The summed E-state index contributed by atoms with van der Waals surface area (Å²) in [6, 6.07) is 8.48. The van der Waals surface area contributed by atoms with Crippen LogP contribution in [0.5, 0.6) is 11.5 Å². The van der Waals surface area contributed by atoms with Crippen LogP contribution in [0.4, 0.5) is 5.69 Å². The molecule has 0 radical (unpaired) electrons. The lowest BCUT2D eigenvalue weighted by Gasteiger charge is -2.16. The Kier molecular flexibility index (Phi) is 5.97. The molecule has 0 fully saturated rings. The average Bonchev–Trinajstić information content (AvgIpc) is 2.53. The first-order chi connectivity index (χ1) is 11.3. The molecular weight excluding hydrogens is 349 g/mol. The summed E-state index contributed by atoms with van der Waals surface area (Å²) in [5, 5.41) is 3.73. The molecule has 4 nitrogen and oxygen atoms in total. The monoisotopic (exact) mass is 367 g/mol. The van der Waals surface area contributed by atoms with E-state index in [0.717, 1.165) is 5.56 Å². The van der Waals surface area contributed by atoms with Crippen LogP contribution in [0.1, 0.15) is 29.8 Å². The quantitative estimate of drug-likeness (QED) is 0.774. The summed E-state index contributed by atoms with van der Waals surface area (Å²) < 4.78 is 10.9. The number of rotatable bonds is 5. The van der Waals surface area contributed by atoms with Crippen molar-refractivity contribution in [2.24, 2.45) is 0 Å². The molecular formula is C18H19Cl2NO3. The van der Waals surface area contributed by atoms with Gasteiger partial charge in [0.1, 0.15) is 0 Å². The van der Waals surface area contributed by atoms with Gasteiger partial charge in [0.2, 0.25) is 0 Å². The molecule has 0 aliphatic heterocycles. The second-order valence-corrected chi connectivity index (χ2v) is 6.34. The van der Waals surface area contributed by atoms with Gasteiger partial charge in [0, 0.05) is 16.3 Å². The molecule has 2 rings (SSSR count). The van der Waals surface area contributed by atoms with Gasteiger partial charge in [-0.25, -0.2) is 0 Å². The van der Waals surface area contributed by atoms with E-state index in [1.807, 2.05) is 20.8 Å². The van der Waals surface area contributed by atoms with Gasteiger partial charge in [-0.2, -0.15) is 0 Å². The molecule has 2 aromatic carbocycles. The Labute approximate surface area is 151 Å². The van der Waals surface area contributed by atoms with Crippen molar-refractivity contribution in [2.75, 3.05) is 12.4 Å². The summed E-state index contributed by atoms with van der Waals surface area (Å²) in [6.45, 7) is 5.61. The Hall–Kier alpha value is -1.91. The molecule has 0 saturated heterocycles. The number of anilines is 1. The Balaban J connectivity index is 2.33. The van der Waals surface area contributed by atoms with Crippen LogP contribution in [0, 0.1) is 6.92 Å². The van der Waals surface area contributed by atoms with Gasteiger partial charge in [-0.1, -0.05) is 29.3 Å². The lowest BCUT2D eigenvalue weighted by atomic mass is 10.1. The number of carbonyl (C=O) groups excluding carboxylic acids is 1. The van der Waals surface area contributed by atoms with E-state index in [4.69, 9.17) is 32.7 Å². The van der Waals surface area contributed by atoms with E-state index in [9.17, 15) is 4.79 Å². The van der Waals surface area contributed by atoms with E-state index in [1.54, 1.807) is 30.3 Å². The van der Waals surface area contributed by atoms with Gasteiger partial charge in [0.05, 0.1) is 18.2 Å². The molecule has 0 unspecified atom stereocenters. The molecule has 1 amide bonds. The van der Waals surface area contributed by atoms with E-state index in [-0.39, 0.29) is 12.0 Å². The third-order valence-corrected chi connectivity index (χ3v) is 4.05. The Bertz CT molecular complexity index is 760. The number of methoxy groups -OCH3 is 1. The maximum atomic E-state index is 12.5. The highest BCUT2D eigenvalue weighted by molar-refractivity contribution is 6.33. The van der Waals surface area contributed by atoms with Crippen LogP contribution >= 0.6 is 23.2 Å². The topological polar surface area (TPSA) is 47.6 Å². The lowest BCUT2D eigenvalue weighted by molar-refractivity contribution is 0.102. The number of benzene rings is 2. The zero-order valence-corrected chi connectivity index (χ0v) is 15.5. The van der Waals surface area contributed by atoms with Gasteiger partial charge in [-0.15, -0.1) is 0 Å². The summed E-state index contributed by atoms with van der Waals surface area (Å²) in [4.78, 5) is 12.5. The highest BCUT2D eigenvalue weighted by Crippen LogP contribution is 2.37. The number of halogens is 2. The number of ether oxygens (including phenoxy) is 2. The fourth-order valence-corrected chi connectivity index (χ4v) is 2.57. The average molecular weight is 368 g/mol. The normalized spacial score (nSPS) is 10.6. The number of carbonyl (C=O) groups is 1. The molecule has 0 spiro atoms. The zero-order valence-electron chi connectivity index (χ0n) is 13.9. The summed E-state index contributed by atoms with van der Waals surface area (Å²) in [7, 11) is 1.50. The molecule has 0 heterocycles. The van der Waals surface area contributed by atoms with Gasteiger partial charge >= 0.3 is 0 Å². The van der Waals surface area contributed by atoms with E-state index >= 15 is 0 Å². The van der Waals surface area contributed by atoms with Crippen LogP contribution in [0.25, 0.3) is 0 Å². The van der Waals surface area contributed by atoms with Crippen molar-refractivity contribution in [3.63, 3.8) is 0 Å². The fraction of sp³-hybridized carbons (Fsp3) is 0.278. The van der Waals surface area contributed by atoms with E-state index in [2.05, 4.69) is 5.32 Å². The number of amides is 1. The van der Waals surface area contributed by atoms with Crippen molar-refractivity contribution in [1.82, 2.24) is 0 Å². The molecule has 1 N–H and O–H groups in total. The van der Waals surface area contributed by atoms with Crippen molar-refractivity contribution in [2.45, 2.75) is 26.9 Å². The molecule has 0 aliphatic carbocycles. The fourth-order valence-electron chi connectivity index (χ4n) is 2.14. The first kappa shape index (κ1) is 18.4. The summed E-state index contributed by atoms with van der Waals surface area (Å²) in [6.07, 6.45) is -0.0646. The van der Waals surface area contributed by atoms with Crippen LogP contribution in [-0.2, 0) is 0 Å². The van der Waals surface area contributed by atoms with Crippen LogP contribution in [0.2, 0.25) is 10.0 Å². The molecule has 0 atom stereocenters. The molecule has 128 valence electrons. The highest BCUT2D eigenvalue weighted by Gasteiger charge is 2.17. The maximum absolute atomic E-state index is 12.5. The van der Waals surface area contributed by atoms with Crippen molar-refractivity contribution in [1.29, 1.82) is 0 Å². The van der Waals surface area contributed by atoms with Crippen molar-refractivity contribution in [3.8, 4) is 11.5 Å². The SMILES string of the molecule is COc1cc(C(=O)Nc2cccc(Cl)c2C)cc(Cl)c1OC(C)C. The van der Waals surface area contributed by atoms with Crippen LogP contribution in [0.15, 0.2) is 30.3 Å². The van der Waals surface area contributed by atoms with E-state index in [1.165, 1.54) is 7.11 Å². The third kappa shape index (κ3) is 4.13. The van der Waals surface area contributed by atoms with E-state index < -0.39 is 0 Å². The summed E-state index contributed by atoms with van der Waals surface area (Å²) >= 11 is 12.3. The standard InChI is InChI=1S/C18H19Cl2NO3/c1-10(2)24-17-14(20)8-12(9-16(17)23-4)18(22)21-15-7-5-6-13(19)11(15)3/h5-10H,1-4H3,(H,21,22). The van der Waals surface area contributed by atoms with Crippen molar-refractivity contribution < 1.29 is 14.3 Å². The summed E-state index contributed by atoms with van der Waals surface area (Å²) in [5.41, 5.74) is 1.81.